The summed E-state index contributed by atoms with van der Waals surface area (Å²) in [5, 5.41) is 5.66. The second kappa shape index (κ2) is 4.24. The summed E-state index contributed by atoms with van der Waals surface area (Å²) in [6, 6.07) is 0. The molecule has 2 nitrogen and oxygen atoms in total. The summed E-state index contributed by atoms with van der Waals surface area (Å²) < 4.78 is 5.39. The minimum absolute atomic E-state index is 0.984. The van der Waals surface area contributed by atoms with Gasteiger partial charge in [-0.2, -0.15) is 0 Å². The van der Waals surface area contributed by atoms with E-state index in [9.17, 15) is 0 Å². The predicted octanol–water partition coefficient (Wildman–Crippen LogP) is 2.89. The molecule has 0 radical (unpaired) electrons. The molecule has 0 atom stereocenters. The van der Waals surface area contributed by atoms with Crippen LogP contribution in [0.5, 0.6) is 5.75 Å². The molecule has 0 unspecified atom stereocenters. The van der Waals surface area contributed by atoms with Gasteiger partial charge in [-0.05, 0) is 61.9 Å². The molecular weight excluding hydrogens is 194 g/mol. The van der Waals surface area contributed by atoms with Gasteiger partial charge >= 0.3 is 0 Å². The Morgan fingerprint density at radius 1 is 0.929 bits per heavy atom. The molecule has 0 saturated heterocycles. The van der Waals surface area contributed by atoms with Crippen molar-refractivity contribution in [2.45, 2.75) is 32.6 Å². The van der Waals surface area contributed by atoms with E-state index in [1.165, 1.54) is 39.1 Å². The third kappa shape index (κ3) is 1.62. The minimum atomic E-state index is 0.984. The number of nitrogens with two attached hydrogens (primary N) is 1. The van der Waals surface area contributed by atoms with Gasteiger partial charge in [0, 0.05) is 4.90 Å². The number of hydrogen-bond acceptors (Lipinski definition) is 3. The van der Waals surface area contributed by atoms with E-state index >= 15 is 0 Å². The molecule has 0 amide bonds. The lowest BCUT2D eigenvalue weighted by Gasteiger charge is -2.17. The van der Waals surface area contributed by atoms with Gasteiger partial charge in [0.2, 0.25) is 0 Å². The van der Waals surface area contributed by atoms with Gasteiger partial charge in [-0.1, -0.05) is 0 Å². The normalized spacial score (nSPS) is 10.4. The van der Waals surface area contributed by atoms with E-state index in [0.717, 1.165) is 5.75 Å². The standard InChI is InChI=1S/C11H17NOS/c1-6-8(3)11(14-12)9(4)7(2)10(6)13-5/h12H2,1-5H3. The zero-order chi connectivity index (χ0) is 10.9. The molecule has 0 aromatic heterocycles. The lowest BCUT2D eigenvalue weighted by molar-refractivity contribution is 0.407. The maximum absolute atomic E-state index is 5.66. The molecule has 0 aliphatic rings. The fraction of sp³-hybridized carbons (Fsp3) is 0.455. The third-order valence-corrected chi connectivity index (χ3v) is 3.66. The van der Waals surface area contributed by atoms with Crippen LogP contribution in [0, 0.1) is 27.7 Å². The first-order valence-electron chi connectivity index (χ1n) is 4.55. The molecule has 1 aromatic rings. The Morgan fingerprint density at radius 3 is 1.64 bits per heavy atom. The molecule has 0 heterocycles. The van der Waals surface area contributed by atoms with E-state index in [1.807, 2.05) is 0 Å². The van der Waals surface area contributed by atoms with Gasteiger partial charge in [0.1, 0.15) is 5.75 Å². The van der Waals surface area contributed by atoms with Crippen molar-refractivity contribution in [1.82, 2.24) is 0 Å². The lowest BCUT2D eigenvalue weighted by atomic mass is 10.00. The summed E-state index contributed by atoms with van der Waals surface area (Å²) in [5.41, 5.74) is 4.81. The summed E-state index contributed by atoms with van der Waals surface area (Å²) in [4.78, 5) is 1.17. The maximum atomic E-state index is 5.66. The number of ether oxygens (including phenoxy) is 1. The van der Waals surface area contributed by atoms with Gasteiger partial charge in [0.05, 0.1) is 7.11 Å². The molecule has 0 aliphatic carbocycles. The summed E-state index contributed by atoms with van der Waals surface area (Å²) in [6.45, 7) is 8.31. The Balaban J connectivity index is 3.55. The molecule has 0 saturated carbocycles. The zero-order valence-corrected chi connectivity index (χ0v) is 10.2. The molecule has 78 valence electrons. The van der Waals surface area contributed by atoms with Gasteiger partial charge in [-0.25, -0.2) is 0 Å². The Morgan fingerprint density at radius 2 is 1.36 bits per heavy atom. The highest BCUT2D eigenvalue weighted by Crippen LogP contribution is 2.35. The fourth-order valence-corrected chi connectivity index (χ4v) is 2.39. The Bertz CT molecular complexity index is 297. The van der Waals surface area contributed by atoms with Crippen LogP contribution in [0.3, 0.4) is 0 Å². The summed E-state index contributed by atoms with van der Waals surface area (Å²) in [6.07, 6.45) is 0. The fourth-order valence-electron chi connectivity index (χ4n) is 1.73. The molecule has 0 fully saturated rings. The highest BCUT2D eigenvalue weighted by Gasteiger charge is 2.14. The van der Waals surface area contributed by atoms with Gasteiger partial charge in [-0.3, -0.25) is 5.14 Å². The van der Waals surface area contributed by atoms with E-state index < -0.39 is 0 Å². The molecule has 1 aromatic carbocycles. The topological polar surface area (TPSA) is 35.2 Å². The molecular formula is C11H17NOS. The molecule has 14 heavy (non-hydrogen) atoms. The van der Waals surface area contributed by atoms with Gasteiger partial charge in [0.25, 0.3) is 0 Å². The van der Waals surface area contributed by atoms with E-state index in [2.05, 4.69) is 27.7 Å². The lowest BCUT2D eigenvalue weighted by Crippen LogP contribution is -2.00. The van der Waals surface area contributed by atoms with Gasteiger partial charge in [-0.15, -0.1) is 0 Å². The van der Waals surface area contributed by atoms with Gasteiger partial charge in [0.15, 0.2) is 0 Å². The summed E-state index contributed by atoms with van der Waals surface area (Å²) >= 11 is 1.31. The Kier molecular flexibility index (Phi) is 3.45. The monoisotopic (exact) mass is 211 g/mol. The van der Waals surface area contributed by atoms with Crippen LogP contribution in [-0.2, 0) is 0 Å². The number of methoxy groups -OCH3 is 1. The average molecular weight is 211 g/mol. The van der Waals surface area contributed by atoms with Crippen LogP contribution in [0.25, 0.3) is 0 Å². The number of rotatable bonds is 2. The highest BCUT2D eigenvalue weighted by atomic mass is 32.2. The smallest absolute Gasteiger partial charge is 0.125 e. The van der Waals surface area contributed by atoms with Crippen molar-refractivity contribution in [3.8, 4) is 5.75 Å². The minimum Gasteiger partial charge on any atom is -0.496 e. The van der Waals surface area contributed by atoms with Crippen molar-refractivity contribution >= 4 is 11.9 Å². The molecule has 0 aliphatic heterocycles. The van der Waals surface area contributed by atoms with Crippen molar-refractivity contribution in [2.24, 2.45) is 5.14 Å². The van der Waals surface area contributed by atoms with Crippen molar-refractivity contribution in [3.05, 3.63) is 22.3 Å². The quantitative estimate of drug-likeness (QED) is 0.764. The van der Waals surface area contributed by atoms with E-state index in [4.69, 9.17) is 9.88 Å². The van der Waals surface area contributed by atoms with Crippen molar-refractivity contribution in [1.29, 1.82) is 0 Å². The van der Waals surface area contributed by atoms with E-state index in [1.54, 1.807) is 7.11 Å². The largest absolute Gasteiger partial charge is 0.496 e. The molecule has 0 spiro atoms. The van der Waals surface area contributed by atoms with Crippen molar-refractivity contribution in [2.75, 3.05) is 7.11 Å². The number of hydrogen-bond donors (Lipinski definition) is 1. The third-order valence-electron chi connectivity index (χ3n) is 2.81. The van der Waals surface area contributed by atoms with Gasteiger partial charge < -0.3 is 4.74 Å². The summed E-state index contributed by atoms with van der Waals surface area (Å²) in [5.74, 6) is 0.984. The molecule has 1 rings (SSSR count). The van der Waals surface area contributed by atoms with Crippen molar-refractivity contribution < 1.29 is 4.74 Å². The molecule has 3 heteroatoms. The van der Waals surface area contributed by atoms with Crippen LogP contribution in [0.1, 0.15) is 22.3 Å². The van der Waals surface area contributed by atoms with Crippen LogP contribution < -0.4 is 9.88 Å². The SMILES string of the molecule is COc1c(C)c(C)c(SN)c(C)c1C. The second-order valence-corrected chi connectivity index (χ2v) is 4.12. The summed E-state index contributed by atoms with van der Waals surface area (Å²) in [7, 11) is 1.71. The average Bonchev–Trinajstić information content (AvgIpc) is 2.17. The van der Waals surface area contributed by atoms with Crippen LogP contribution in [-0.4, -0.2) is 7.11 Å². The van der Waals surface area contributed by atoms with E-state index in [-0.39, 0.29) is 0 Å². The van der Waals surface area contributed by atoms with Crippen LogP contribution >= 0.6 is 11.9 Å². The van der Waals surface area contributed by atoms with Crippen LogP contribution in [0.2, 0.25) is 0 Å². The van der Waals surface area contributed by atoms with E-state index in [0.29, 0.717) is 0 Å². The Labute approximate surface area is 90.0 Å². The van der Waals surface area contributed by atoms with Crippen LogP contribution in [0.4, 0.5) is 0 Å². The maximum Gasteiger partial charge on any atom is 0.125 e. The molecule has 0 bridgehead atoms. The van der Waals surface area contributed by atoms with Crippen LogP contribution in [0.15, 0.2) is 4.90 Å². The second-order valence-electron chi connectivity index (χ2n) is 3.48. The highest BCUT2D eigenvalue weighted by molar-refractivity contribution is 7.97. The Hall–Kier alpha value is -0.670. The molecule has 2 N–H and O–H groups in total. The zero-order valence-electron chi connectivity index (χ0n) is 9.39. The van der Waals surface area contributed by atoms with Crippen molar-refractivity contribution in [3.63, 3.8) is 0 Å². The first-order valence-corrected chi connectivity index (χ1v) is 5.43. The number of benzene rings is 1. The predicted molar refractivity (Wildman–Crippen MR) is 62.0 cm³/mol. The first kappa shape index (κ1) is 11.4. The first-order chi connectivity index (χ1) is 6.54.